The van der Waals surface area contributed by atoms with Crippen LogP contribution in [0.3, 0.4) is 0 Å². The van der Waals surface area contributed by atoms with Crippen molar-refractivity contribution in [2.45, 2.75) is 17.1 Å². The van der Waals surface area contributed by atoms with Gasteiger partial charge in [-0.25, -0.2) is 12.8 Å². The molecule has 110 valence electrons. The highest BCUT2D eigenvalue weighted by Gasteiger charge is 2.15. The van der Waals surface area contributed by atoms with Crippen molar-refractivity contribution in [1.29, 1.82) is 0 Å². The molecule has 21 heavy (non-hydrogen) atoms. The number of sulfone groups is 1. The Balaban J connectivity index is 2.16. The normalized spacial score (nSPS) is 11.3. The summed E-state index contributed by atoms with van der Waals surface area (Å²) in [6.45, 7) is 0. The van der Waals surface area contributed by atoms with Crippen LogP contribution in [0, 0.1) is 5.82 Å². The molecule has 0 bridgehead atoms. The molecule has 0 aromatic heterocycles. The van der Waals surface area contributed by atoms with Crippen LogP contribution in [-0.4, -0.2) is 19.5 Å². The molecular weight excluding hydrogens is 295 g/mol. The van der Waals surface area contributed by atoms with E-state index in [2.05, 4.69) is 0 Å². The van der Waals surface area contributed by atoms with Gasteiger partial charge in [-0.2, -0.15) is 0 Å². The predicted octanol–water partition coefficient (Wildman–Crippen LogP) is 2.43. The number of hydrogen-bond acceptors (Lipinski definition) is 3. The van der Waals surface area contributed by atoms with Crippen LogP contribution in [-0.2, 0) is 26.8 Å². The summed E-state index contributed by atoms with van der Waals surface area (Å²) in [6, 6.07) is 11.0. The van der Waals surface area contributed by atoms with Crippen molar-refractivity contribution < 1.29 is 22.7 Å². The first kappa shape index (κ1) is 15.2. The Morgan fingerprint density at radius 3 is 2.00 bits per heavy atom. The summed E-state index contributed by atoms with van der Waals surface area (Å²) in [5.74, 6) is -1.65. The molecule has 0 aliphatic rings. The first-order chi connectivity index (χ1) is 9.87. The molecule has 6 heteroatoms. The van der Waals surface area contributed by atoms with Gasteiger partial charge in [0.05, 0.1) is 17.1 Å². The van der Waals surface area contributed by atoms with Gasteiger partial charge in [0.15, 0.2) is 9.84 Å². The van der Waals surface area contributed by atoms with E-state index in [1.54, 1.807) is 24.3 Å². The summed E-state index contributed by atoms with van der Waals surface area (Å²) < 4.78 is 37.1. The Hall–Kier alpha value is -2.21. The number of rotatable bonds is 5. The summed E-state index contributed by atoms with van der Waals surface area (Å²) in [5, 5.41) is 8.67. The number of aliphatic carboxylic acids is 1. The molecule has 2 aromatic rings. The number of carboxylic acid groups (broad SMARTS) is 1. The molecule has 0 heterocycles. The molecule has 1 N–H and O–H groups in total. The molecule has 0 fully saturated rings. The molecule has 0 aliphatic heterocycles. The number of halogens is 1. The van der Waals surface area contributed by atoms with Gasteiger partial charge in [0.2, 0.25) is 0 Å². The zero-order valence-corrected chi connectivity index (χ0v) is 11.8. The van der Waals surface area contributed by atoms with Crippen LogP contribution in [0.2, 0.25) is 0 Å². The SMILES string of the molecule is O=C(O)Cc1ccc(CS(=O)(=O)c2ccc(F)cc2)cc1. The third kappa shape index (κ3) is 4.13. The molecule has 0 aliphatic carbocycles. The third-order valence-corrected chi connectivity index (χ3v) is 4.61. The fraction of sp³-hybridized carbons (Fsp3) is 0.133. The fourth-order valence-corrected chi connectivity index (χ4v) is 3.22. The van der Waals surface area contributed by atoms with E-state index in [9.17, 15) is 17.6 Å². The van der Waals surface area contributed by atoms with Crippen molar-refractivity contribution in [2.75, 3.05) is 0 Å². The van der Waals surface area contributed by atoms with E-state index in [4.69, 9.17) is 5.11 Å². The number of benzene rings is 2. The van der Waals surface area contributed by atoms with Crippen molar-refractivity contribution in [2.24, 2.45) is 0 Å². The van der Waals surface area contributed by atoms with Crippen LogP contribution in [0.5, 0.6) is 0 Å². The average molecular weight is 308 g/mol. The quantitative estimate of drug-likeness (QED) is 0.861. The zero-order valence-electron chi connectivity index (χ0n) is 11.0. The van der Waals surface area contributed by atoms with Crippen molar-refractivity contribution in [3.8, 4) is 0 Å². The second-order valence-electron chi connectivity index (χ2n) is 4.60. The summed E-state index contributed by atoms with van der Waals surface area (Å²) in [5.41, 5.74) is 1.15. The third-order valence-electron chi connectivity index (χ3n) is 2.91. The van der Waals surface area contributed by atoms with Gasteiger partial charge in [0, 0.05) is 0 Å². The Bertz CT molecular complexity index is 734. The van der Waals surface area contributed by atoms with Crippen molar-refractivity contribution in [3.63, 3.8) is 0 Å². The van der Waals surface area contributed by atoms with Gasteiger partial charge in [0.1, 0.15) is 5.82 Å². The van der Waals surface area contributed by atoms with Gasteiger partial charge < -0.3 is 5.11 Å². The van der Waals surface area contributed by atoms with E-state index in [1.807, 2.05) is 0 Å². The van der Waals surface area contributed by atoms with E-state index in [0.717, 1.165) is 12.1 Å². The van der Waals surface area contributed by atoms with E-state index in [1.165, 1.54) is 12.1 Å². The van der Waals surface area contributed by atoms with Crippen molar-refractivity contribution in [3.05, 3.63) is 65.5 Å². The van der Waals surface area contributed by atoms with Gasteiger partial charge in [-0.3, -0.25) is 4.79 Å². The summed E-state index contributed by atoms with van der Waals surface area (Å²) >= 11 is 0. The second kappa shape index (κ2) is 6.05. The fourth-order valence-electron chi connectivity index (χ4n) is 1.87. The first-order valence-corrected chi connectivity index (χ1v) is 7.80. The summed E-state index contributed by atoms with van der Waals surface area (Å²) in [6.07, 6.45) is -0.106. The maximum atomic E-state index is 12.8. The Morgan fingerprint density at radius 1 is 0.952 bits per heavy atom. The second-order valence-corrected chi connectivity index (χ2v) is 6.59. The van der Waals surface area contributed by atoms with E-state index in [0.29, 0.717) is 11.1 Å². The molecule has 0 spiro atoms. The molecule has 0 amide bonds. The lowest BCUT2D eigenvalue weighted by Crippen LogP contribution is -2.05. The average Bonchev–Trinajstić information content (AvgIpc) is 2.40. The smallest absolute Gasteiger partial charge is 0.307 e. The monoisotopic (exact) mass is 308 g/mol. The standard InChI is InChI=1S/C15H13FO4S/c16-13-5-7-14(8-6-13)21(19,20)10-12-3-1-11(2-4-12)9-15(17)18/h1-8H,9-10H2,(H,17,18). The highest BCUT2D eigenvalue weighted by molar-refractivity contribution is 7.90. The van der Waals surface area contributed by atoms with Crippen LogP contribution >= 0.6 is 0 Å². The van der Waals surface area contributed by atoms with Crippen molar-refractivity contribution in [1.82, 2.24) is 0 Å². The maximum absolute atomic E-state index is 12.8. The minimum atomic E-state index is -3.55. The molecule has 0 saturated heterocycles. The minimum Gasteiger partial charge on any atom is -0.481 e. The van der Waals surface area contributed by atoms with E-state index in [-0.39, 0.29) is 17.1 Å². The van der Waals surface area contributed by atoms with E-state index >= 15 is 0 Å². The minimum absolute atomic E-state index is 0.0542. The Morgan fingerprint density at radius 2 is 1.48 bits per heavy atom. The van der Waals surface area contributed by atoms with E-state index < -0.39 is 21.6 Å². The predicted molar refractivity (Wildman–Crippen MR) is 75.1 cm³/mol. The molecule has 0 radical (unpaired) electrons. The lowest BCUT2D eigenvalue weighted by Gasteiger charge is -2.05. The lowest BCUT2D eigenvalue weighted by molar-refractivity contribution is -0.136. The van der Waals surface area contributed by atoms with Crippen LogP contribution in [0.4, 0.5) is 4.39 Å². The molecule has 0 atom stereocenters. The van der Waals surface area contributed by atoms with Crippen molar-refractivity contribution >= 4 is 15.8 Å². The van der Waals surface area contributed by atoms with Gasteiger partial charge >= 0.3 is 5.97 Å². The van der Waals surface area contributed by atoms with Gasteiger partial charge in [-0.1, -0.05) is 24.3 Å². The Kier molecular flexibility index (Phi) is 4.37. The van der Waals surface area contributed by atoms with Crippen LogP contribution in [0.1, 0.15) is 11.1 Å². The number of carbonyl (C=O) groups is 1. The number of hydrogen-bond donors (Lipinski definition) is 1. The lowest BCUT2D eigenvalue weighted by atomic mass is 10.1. The molecule has 0 unspecified atom stereocenters. The van der Waals surface area contributed by atoms with Gasteiger partial charge in [-0.05, 0) is 35.4 Å². The van der Waals surface area contributed by atoms with Gasteiger partial charge in [-0.15, -0.1) is 0 Å². The topological polar surface area (TPSA) is 71.4 Å². The molecule has 2 rings (SSSR count). The zero-order chi connectivity index (χ0) is 15.5. The molecule has 2 aromatic carbocycles. The van der Waals surface area contributed by atoms with Crippen LogP contribution in [0.25, 0.3) is 0 Å². The maximum Gasteiger partial charge on any atom is 0.307 e. The Labute approximate surface area is 121 Å². The summed E-state index contributed by atoms with van der Waals surface area (Å²) in [7, 11) is -3.55. The summed E-state index contributed by atoms with van der Waals surface area (Å²) in [4.78, 5) is 10.6. The number of carboxylic acids is 1. The largest absolute Gasteiger partial charge is 0.481 e. The molecule has 4 nitrogen and oxygen atoms in total. The highest BCUT2D eigenvalue weighted by Crippen LogP contribution is 2.17. The van der Waals surface area contributed by atoms with Crippen LogP contribution < -0.4 is 0 Å². The van der Waals surface area contributed by atoms with Gasteiger partial charge in [0.25, 0.3) is 0 Å². The first-order valence-electron chi connectivity index (χ1n) is 6.15. The molecular formula is C15H13FO4S. The van der Waals surface area contributed by atoms with Crippen LogP contribution in [0.15, 0.2) is 53.4 Å². The molecule has 0 saturated carbocycles. The highest BCUT2D eigenvalue weighted by atomic mass is 32.2.